The van der Waals surface area contributed by atoms with Crippen molar-refractivity contribution in [1.29, 1.82) is 0 Å². The Morgan fingerprint density at radius 2 is 2.13 bits per heavy atom. The molecule has 0 saturated carbocycles. The minimum absolute atomic E-state index is 0.224. The van der Waals surface area contributed by atoms with E-state index in [2.05, 4.69) is 16.7 Å². The number of hydrogen-bond donors (Lipinski definition) is 1. The Kier molecular flexibility index (Phi) is 2.49. The molecule has 0 fully saturated rings. The van der Waals surface area contributed by atoms with E-state index in [4.69, 9.17) is 0 Å². The molecular weight excluding hydrogens is 190 g/mol. The van der Waals surface area contributed by atoms with Crippen LogP contribution >= 0.6 is 0 Å². The second-order valence-corrected chi connectivity index (χ2v) is 3.12. The Morgan fingerprint density at radius 1 is 1.40 bits per heavy atom. The van der Waals surface area contributed by atoms with Crippen LogP contribution in [-0.2, 0) is 6.42 Å². The predicted molar refractivity (Wildman–Crippen MR) is 58.1 cm³/mol. The number of para-hydroxylation sites is 1. The maximum atomic E-state index is 11.5. The zero-order chi connectivity index (χ0) is 10.7. The van der Waals surface area contributed by atoms with Gasteiger partial charge >= 0.3 is 5.69 Å². The first-order chi connectivity index (χ1) is 7.31. The summed E-state index contributed by atoms with van der Waals surface area (Å²) in [7, 11) is 0. The minimum atomic E-state index is -0.224. The van der Waals surface area contributed by atoms with Crippen molar-refractivity contribution in [2.75, 3.05) is 0 Å². The quantitative estimate of drug-likeness (QED) is 0.761. The van der Waals surface area contributed by atoms with Crippen LogP contribution < -0.4 is 5.69 Å². The molecule has 1 aromatic heterocycles. The van der Waals surface area contributed by atoms with Gasteiger partial charge in [0.1, 0.15) is 5.82 Å². The van der Waals surface area contributed by atoms with Crippen LogP contribution in [0.3, 0.4) is 0 Å². The Labute approximate surface area is 86.9 Å². The maximum absolute atomic E-state index is 11.5. The standard InChI is InChI=1S/C11H11N3O/c1-2-6-10-12-11(15)14(13-10)9-7-4-3-5-8-9/h2-5,7-8H,1,6H2,(H,12,13,15). The molecule has 1 aromatic carbocycles. The van der Waals surface area contributed by atoms with E-state index in [1.807, 2.05) is 30.3 Å². The third kappa shape index (κ3) is 1.88. The van der Waals surface area contributed by atoms with Crippen LogP contribution in [0, 0.1) is 0 Å². The van der Waals surface area contributed by atoms with Gasteiger partial charge in [-0.3, -0.25) is 4.98 Å². The summed E-state index contributed by atoms with van der Waals surface area (Å²) in [5.41, 5.74) is 0.534. The fraction of sp³-hybridized carbons (Fsp3) is 0.0909. The molecule has 1 N–H and O–H groups in total. The van der Waals surface area contributed by atoms with E-state index < -0.39 is 0 Å². The van der Waals surface area contributed by atoms with E-state index >= 15 is 0 Å². The van der Waals surface area contributed by atoms with Crippen molar-refractivity contribution in [3.05, 3.63) is 59.3 Å². The van der Waals surface area contributed by atoms with Gasteiger partial charge in [0.25, 0.3) is 0 Å². The van der Waals surface area contributed by atoms with Crippen molar-refractivity contribution in [2.24, 2.45) is 0 Å². The van der Waals surface area contributed by atoms with E-state index in [1.165, 1.54) is 4.68 Å². The van der Waals surface area contributed by atoms with Crippen molar-refractivity contribution in [1.82, 2.24) is 14.8 Å². The van der Waals surface area contributed by atoms with Crippen LogP contribution in [0.5, 0.6) is 0 Å². The Morgan fingerprint density at radius 3 is 2.80 bits per heavy atom. The maximum Gasteiger partial charge on any atom is 0.348 e. The van der Waals surface area contributed by atoms with Crippen molar-refractivity contribution in [3.8, 4) is 5.69 Å². The molecule has 1 heterocycles. The largest absolute Gasteiger partial charge is 0.348 e. The molecule has 0 amide bonds. The van der Waals surface area contributed by atoms with Crippen molar-refractivity contribution >= 4 is 0 Å². The van der Waals surface area contributed by atoms with E-state index in [1.54, 1.807) is 6.08 Å². The van der Waals surface area contributed by atoms with Gasteiger partial charge in [-0.25, -0.2) is 4.79 Å². The van der Waals surface area contributed by atoms with Crippen LogP contribution in [0.25, 0.3) is 5.69 Å². The number of nitrogens with zero attached hydrogens (tertiary/aromatic N) is 2. The molecule has 2 aromatic rings. The van der Waals surface area contributed by atoms with Gasteiger partial charge in [0, 0.05) is 6.42 Å². The summed E-state index contributed by atoms with van der Waals surface area (Å²) in [5.74, 6) is 0.624. The number of hydrogen-bond acceptors (Lipinski definition) is 2. The number of benzene rings is 1. The molecular formula is C11H11N3O. The summed E-state index contributed by atoms with van der Waals surface area (Å²) in [5, 5.41) is 4.15. The zero-order valence-corrected chi connectivity index (χ0v) is 8.18. The van der Waals surface area contributed by atoms with Crippen LogP contribution in [0.2, 0.25) is 0 Å². The van der Waals surface area contributed by atoms with Gasteiger partial charge in [0.15, 0.2) is 0 Å². The molecule has 4 heteroatoms. The lowest BCUT2D eigenvalue weighted by atomic mass is 10.3. The second kappa shape index (κ2) is 3.96. The molecule has 0 spiro atoms. The molecule has 0 atom stereocenters. The number of aromatic nitrogens is 3. The molecule has 0 bridgehead atoms. The van der Waals surface area contributed by atoms with E-state index in [9.17, 15) is 4.79 Å². The molecule has 0 unspecified atom stereocenters. The van der Waals surface area contributed by atoms with Gasteiger partial charge in [0.05, 0.1) is 5.69 Å². The van der Waals surface area contributed by atoms with Gasteiger partial charge in [-0.05, 0) is 12.1 Å². The molecule has 2 rings (SSSR count). The Hall–Kier alpha value is -2.10. The topological polar surface area (TPSA) is 50.7 Å². The highest BCUT2D eigenvalue weighted by Gasteiger charge is 2.04. The van der Waals surface area contributed by atoms with Gasteiger partial charge in [0.2, 0.25) is 0 Å². The lowest BCUT2D eigenvalue weighted by Crippen LogP contribution is -2.15. The van der Waals surface area contributed by atoms with Crippen molar-refractivity contribution < 1.29 is 0 Å². The van der Waals surface area contributed by atoms with Gasteiger partial charge in [-0.15, -0.1) is 11.7 Å². The summed E-state index contributed by atoms with van der Waals surface area (Å²) < 4.78 is 1.35. The van der Waals surface area contributed by atoms with Gasteiger partial charge in [-0.1, -0.05) is 24.3 Å². The Balaban J connectivity index is 2.45. The smallest absolute Gasteiger partial charge is 0.292 e. The van der Waals surface area contributed by atoms with Gasteiger partial charge in [-0.2, -0.15) is 4.68 Å². The summed E-state index contributed by atoms with van der Waals surface area (Å²) in [6, 6.07) is 9.29. The third-order valence-electron chi connectivity index (χ3n) is 2.00. The molecule has 0 saturated heterocycles. The monoisotopic (exact) mass is 201 g/mol. The van der Waals surface area contributed by atoms with Crippen LogP contribution in [0.4, 0.5) is 0 Å². The first-order valence-corrected chi connectivity index (χ1v) is 4.66. The molecule has 0 aliphatic carbocycles. The SMILES string of the molecule is C=CCc1nn(-c2ccccc2)c(=O)[nH]1. The minimum Gasteiger partial charge on any atom is -0.292 e. The first-order valence-electron chi connectivity index (χ1n) is 4.66. The molecule has 0 aliphatic heterocycles. The highest BCUT2D eigenvalue weighted by Crippen LogP contribution is 2.02. The summed E-state index contributed by atoms with van der Waals surface area (Å²) in [6.07, 6.45) is 2.27. The number of H-pyrrole nitrogens is 1. The van der Waals surface area contributed by atoms with Gasteiger partial charge < -0.3 is 0 Å². The summed E-state index contributed by atoms with van der Waals surface area (Å²) >= 11 is 0. The highest BCUT2D eigenvalue weighted by molar-refractivity contribution is 5.29. The Bertz CT molecular complexity index is 510. The molecule has 15 heavy (non-hydrogen) atoms. The second-order valence-electron chi connectivity index (χ2n) is 3.12. The molecule has 76 valence electrons. The number of rotatable bonds is 3. The van der Waals surface area contributed by atoms with Crippen LogP contribution in [0.1, 0.15) is 5.82 Å². The third-order valence-corrected chi connectivity index (χ3v) is 2.00. The zero-order valence-electron chi connectivity index (χ0n) is 8.18. The molecule has 0 radical (unpaired) electrons. The fourth-order valence-electron chi connectivity index (χ4n) is 1.34. The molecule has 0 aliphatic rings. The average molecular weight is 201 g/mol. The predicted octanol–water partition coefficient (Wildman–Crippen LogP) is 1.29. The van der Waals surface area contributed by atoms with E-state index in [0.717, 1.165) is 5.69 Å². The first kappa shape index (κ1) is 9.45. The summed E-state index contributed by atoms with van der Waals surface area (Å²) in [6.45, 7) is 3.60. The lowest BCUT2D eigenvalue weighted by Gasteiger charge is -1.96. The average Bonchev–Trinajstić information content (AvgIpc) is 2.61. The summed E-state index contributed by atoms with van der Waals surface area (Å²) in [4.78, 5) is 14.2. The van der Waals surface area contributed by atoms with Crippen molar-refractivity contribution in [2.45, 2.75) is 6.42 Å². The van der Waals surface area contributed by atoms with E-state index in [0.29, 0.717) is 12.2 Å². The normalized spacial score (nSPS) is 10.1. The number of allylic oxidation sites excluding steroid dienone is 1. The van der Waals surface area contributed by atoms with E-state index in [-0.39, 0.29) is 5.69 Å². The number of aromatic amines is 1. The van der Waals surface area contributed by atoms with Crippen molar-refractivity contribution in [3.63, 3.8) is 0 Å². The fourth-order valence-corrected chi connectivity index (χ4v) is 1.34. The highest BCUT2D eigenvalue weighted by atomic mass is 16.1. The number of nitrogens with one attached hydrogen (secondary N) is 1. The van der Waals surface area contributed by atoms with Crippen LogP contribution in [0.15, 0.2) is 47.8 Å². The lowest BCUT2D eigenvalue weighted by molar-refractivity contribution is 0.826. The van der Waals surface area contributed by atoms with Crippen LogP contribution in [-0.4, -0.2) is 14.8 Å². The molecule has 4 nitrogen and oxygen atoms in total.